The van der Waals surface area contributed by atoms with Crippen molar-refractivity contribution in [3.63, 3.8) is 0 Å². The molecule has 3 fully saturated rings. The van der Waals surface area contributed by atoms with Crippen LogP contribution in [0.3, 0.4) is 0 Å². The van der Waals surface area contributed by atoms with Crippen molar-refractivity contribution in [2.75, 3.05) is 0 Å². The molecule has 4 rings (SSSR count). The van der Waals surface area contributed by atoms with Crippen LogP contribution in [0, 0.1) is 0 Å². The molecule has 0 aromatic heterocycles. The smallest absolute Gasteiger partial charge is 0.343 e. The first-order valence-electron chi connectivity index (χ1n) is 8.48. The van der Waals surface area contributed by atoms with Crippen molar-refractivity contribution in [1.82, 2.24) is 0 Å². The van der Waals surface area contributed by atoms with Crippen LogP contribution in [0.25, 0.3) is 0 Å². The third-order valence-electron chi connectivity index (χ3n) is 4.42. The average Bonchev–Trinajstić information content (AvgIpc) is 3.02. The predicted octanol–water partition coefficient (Wildman–Crippen LogP) is 2.75. The number of rotatable bonds is 2. The Morgan fingerprint density at radius 3 is 2.19 bits per heavy atom. The van der Waals surface area contributed by atoms with Crippen LogP contribution in [-0.2, 0) is 28.5 Å². The average molecular weight is 429 g/mol. The Morgan fingerprint density at radius 1 is 0.923 bits per heavy atom. The van der Waals surface area contributed by atoms with Crippen LogP contribution in [0.1, 0.15) is 27.7 Å². The van der Waals surface area contributed by atoms with E-state index in [0.29, 0.717) is 5.75 Å². The van der Waals surface area contributed by atoms with E-state index in [4.69, 9.17) is 28.4 Å². The molecule has 0 amide bonds. The fourth-order valence-corrected chi connectivity index (χ4v) is 3.74. The summed E-state index contributed by atoms with van der Waals surface area (Å²) < 4.78 is 35.8. The maximum Gasteiger partial charge on any atom is 0.343 e. The van der Waals surface area contributed by atoms with Gasteiger partial charge in [0.25, 0.3) is 0 Å². The van der Waals surface area contributed by atoms with E-state index < -0.39 is 48.2 Å². The molecule has 0 bridgehead atoms. The van der Waals surface area contributed by atoms with E-state index >= 15 is 0 Å². The summed E-state index contributed by atoms with van der Waals surface area (Å²) in [6, 6.07) is 6.97. The van der Waals surface area contributed by atoms with E-state index in [1.54, 1.807) is 52.0 Å². The van der Waals surface area contributed by atoms with Gasteiger partial charge in [-0.05, 0) is 52.0 Å². The third kappa shape index (κ3) is 3.42. The molecular formula is C18H21BrO7. The Bertz CT molecular complexity index is 702. The normalized spacial score (nSPS) is 37.0. The molecule has 8 heteroatoms. The van der Waals surface area contributed by atoms with Crippen LogP contribution in [-0.4, -0.2) is 48.2 Å². The molecule has 0 spiro atoms. The lowest BCUT2D eigenvalue weighted by atomic mass is 9.99. The Hall–Kier alpha value is -1.03. The zero-order chi connectivity index (χ0) is 18.7. The molecule has 0 saturated carbocycles. The number of hydrogen-bond acceptors (Lipinski definition) is 7. The van der Waals surface area contributed by atoms with E-state index in [1.165, 1.54) is 0 Å². The van der Waals surface area contributed by atoms with E-state index in [0.717, 1.165) is 4.47 Å². The standard InChI is InChI=1S/C18H21BrO7/c1-17(2)23-11-12(24-17)14-16(26-18(3,4)25-14)22-13(11)15(20)21-10-7-5-9(19)6-8-10/h5-8,11-14,16H,1-4H3. The second-order valence-corrected chi connectivity index (χ2v) is 8.38. The van der Waals surface area contributed by atoms with E-state index in [1.807, 2.05) is 0 Å². The lowest BCUT2D eigenvalue weighted by molar-refractivity contribution is -0.236. The van der Waals surface area contributed by atoms with Gasteiger partial charge in [-0.3, -0.25) is 0 Å². The Kier molecular flexibility index (Phi) is 4.41. The minimum Gasteiger partial charge on any atom is -0.425 e. The van der Waals surface area contributed by atoms with E-state index in [9.17, 15) is 4.79 Å². The number of esters is 1. The van der Waals surface area contributed by atoms with Crippen LogP contribution in [0.5, 0.6) is 5.75 Å². The lowest BCUT2D eigenvalue weighted by Gasteiger charge is -2.35. The number of carbonyl (C=O) groups is 1. The van der Waals surface area contributed by atoms with Gasteiger partial charge < -0.3 is 28.4 Å². The van der Waals surface area contributed by atoms with Gasteiger partial charge in [0.2, 0.25) is 0 Å². The van der Waals surface area contributed by atoms with Gasteiger partial charge in [0.1, 0.15) is 24.1 Å². The van der Waals surface area contributed by atoms with Gasteiger partial charge in [-0.15, -0.1) is 0 Å². The molecule has 0 radical (unpaired) electrons. The zero-order valence-electron chi connectivity index (χ0n) is 14.9. The van der Waals surface area contributed by atoms with Gasteiger partial charge in [-0.25, -0.2) is 4.79 Å². The van der Waals surface area contributed by atoms with Crippen molar-refractivity contribution >= 4 is 21.9 Å². The molecule has 1 aromatic carbocycles. The molecule has 3 aliphatic rings. The van der Waals surface area contributed by atoms with Crippen molar-refractivity contribution in [3.8, 4) is 5.75 Å². The Morgan fingerprint density at radius 2 is 1.50 bits per heavy atom. The zero-order valence-corrected chi connectivity index (χ0v) is 16.5. The second kappa shape index (κ2) is 6.25. The van der Waals surface area contributed by atoms with Crippen molar-refractivity contribution in [3.05, 3.63) is 28.7 Å². The van der Waals surface area contributed by atoms with Crippen molar-refractivity contribution < 1.29 is 33.2 Å². The molecule has 3 aliphatic heterocycles. The molecule has 1 aromatic rings. The van der Waals surface area contributed by atoms with E-state index in [2.05, 4.69) is 15.9 Å². The van der Waals surface area contributed by atoms with Gasteiger partial charge >= 0.3 is 5.97 Å². The minimum absolute atomic E-state index is 0.419. The molecule has 0 aliphatic carbocycles. The summed E-state index contributed by atoms with van der Waals surface area (Å²) >= 11 is 3.35. The van der Waals surface area contributed by atoms with Gasteiger partial charge in [0.15, 0.2) is 24.0 Å². The first kappa shape index (κ1) is 18.3. The number of ether oxygens (including phenoxy) is 6. The molecule has 26 heavy (non-hydrogen) atoms. The van der Waals surface area contributed by atoms with Crippen molar-refractivity contribution in [2.24, 2.45) is 0 Å². The van der Waals surface area contributed by atoms with Crippen LogP contribution in [0.4, 0.5) is 0 Å². The Labute approximate surface area is 160 Å². The molecule has 0 N–H and O–H groups in total. The second-order valence-electron chi connectivity index (χ2n) is 7.47. The van der Waals surface area contributed by atoms with Gasteiger partial charge in [0, 0.05) is 4.47 Å². The lowest BCUT2D eigenvalue weighted by Crippen LogP contribution is -2.58. The van der Waals surface area contributed by atoms with E-state index in [-0.39, 0.29) is 0 Å². The van der Waals surface area contributed by atoms with Crippen LogP contribution in [0.15, 0.2) is 28.7 Å². The maximum absolute atomic E-state index is 12.8. The third-order valence-corrected chi connectivity index (χ3v) is 4.95. The summed E-state index contributed by atoms with van der Waals surface area (Å²) in [5, 5.41) is 0. The highest BCUT2D eigenvalue weighted by molar-refractivity contribution is 9.10. The molecule has 3 heterocycles. The summed E-state index contributed by atoms with van der Waals surface area (Å²) in [5.74, 6) is -1.83. The van der Waals surface area contributed by atoms with Gasteiger partial charge in [0.05, 0.1) is 0 Å². The maximum atomic E-state index is 12.8. The SMILES string of the molecule is CC1(C)OC2OC(C(=O)Oc3ccc(Br)cc3)C3OC(C)(C)OC3C2O1. The fraction of sp³-hybridized carbons (Fsp3) is 0.611. The van der Waals surface area contributed by atoms with Crippen LogP contribution < -0.4 is 4.74 Å². The van der Waals surface area contributed by atoms with Crippen LogP contribution in [0.2, 0.25) is 0 Å². The topological polar surface area (TPSA) is 72.5 Å². The van der Waals surface area contributed by atoms with Crippen molar-refractivity contribution in [2.45, 2.75) is 70.0 Å². The molecule has 3 saturated heterocycles. The number of benzene rings is 1. The highest BCUT2D eigenvalue weighted by Gasteiger charge is 2.62. The Balaban J connectivity index is 1.57. The first-order valence-corrected chi connectivity index (χ1v) is 9.27. The summed E-state index contributed by atoms with van der Waals surface area (Å²) in [7, 11) is 0. The molecule has 5 atom stereocenters. The van der Waals surface area contributed by atoms with Gasteiger partial charge in [-0.1, -0.05) is 15.9 Å². The summed E-state index contributed by atoms with van der Waals surface area (Å²) in [6.45, 7) is 7.16. The fourth-order valence-electron chi connectivity index (χ4n) is 3.48. The highest BCUT2D eigenvalue weighted by Crippen LogP contribution is 2.44. The molecule has 5 unspecified atom stereocenters. The highest BCUT2D eigenvalue weighted by atomic mass is 79.9. The minimum atomic E-state index is -0.982. The number of halogens is 1. The summed E-state index contributed by atoms with van der Waals surface area (Å²) in [5.41, 5.74) is 0. The van der Waals surface area contributed by atoms with Crippen molar-refractivity contribution in [1.29, 1.82) is 0 Å². The summed E-state index contributed by atoms with van der Waals surface area (Å²) in [4.78, 5) is 12.8. The number of hydrogen-bond donors (Lipinski definition) is 0. The summed E-state index contributed by atoms with van der Waals surface area (Å²) in [6.07, 6.45) is -3.33. The monoisotopic (exact) mass is 428 g/mol. The number of carbonyl (C=O) groups excluding carboxylic acids is 1. The number of fused-ring (bicyclic) bond motifs is 3. The quantitative estimate of drug-likeness (QED) is 0.529. The first-order chi connectivity index (χ1) is 12.1. The molecule has 7 nitrogen and oxygen atoms in total. The molecule has 142 valence electrons. The van der Waals surface area contributed by atoms with Gasteiger partial charge in [-0.2, -0.15) is 0 Å². The largest absolute Gasteiger partial charge is 0.425 e. The predicted molar refractivity (Wildman–Crippen MR) is 92.3 cm³/mol. The molecular weight excluding hydrogens is 408 g/mol. The van der Waals surface area contributed by atoms with Crippen LogP contribution >= 0.6 is 15.9 Å².